The SMILES string of the molecule is CN1CCC(Oc2cccc3ncnc(Nc4ccc(OCc5nccn5C)c(Cl)c4)c23)CC1. The Morgan fingerprint density at radius 3 is 2.68 bits per heavy atom. The molecule has 0 atom stereocenters. The molecule has 1 aliphatic heterocycles. The summed E-state index contributed by atoms with van der Waals surface area (Å²) in [4.78, 5) is 15.5. The van der Waals surface area contributed by atoms with Gasteiger partial charge in [0.15, 0.2) is 0 Å². The predicted molar refractivity (Wildman–Crippen MR) is 133 cm³/mol. The summed E-state index contributed by atoms with van der Waals surface area (Å²) >= 11 is 6.51. The van der Waals surface area contributed by atoms with Crippen LogP contribution in [-0.2, 0) is 13.7 Å². The molecule has 0 radical (unpaired) electrons. The standard InChI is InChI=1S/C25H27ClN6O2/c1-31-11-8-18(9-12-31)34-22-5-3-4-20-24(22)25(29-16-28-20)30-17-6-7-21(19(26)14-17)33-15-23-27-10-13-32(23)2/h3-7,10,13-14,16,18H,8-9,11-12,15H2,1-2H3,(H,28,29,30). The number of hydrogen-bond acceptors (Lipinski definition) is 7. The number of imidazole rings is 1. The molecular weight excluding hydrogens is 452 g/mol. The number of hydrogen-bond donors (Lipinski definition) is 1. The number of fused-ring (bicyclic) bond motifs is 1. The first kappa shape index (κ1) is 22.4. The number of nitrogens with zero attached hydrogens (tertiary/aromatic N) is 5. The number of anilines is 2. The van der Waals surface area contributed by atoms with Crippen molar-refractivity contribution in [3.63, 3.8) is 0 Å². The van der Waals surface area contributed by atoms with Crippen LogP contribution >= 0.6 is 11.6 Å². The highest BCUT2D eigenvalue weighted by molar-refractivity contribution is 6.32. The third kappa shape index (κ3) is 4.93. The molecule has 176 valence electrons. The zero-order chi connectivity index (χ0) is 23.5. The van der Waals surface area contributed by atoms with Crippen LogP contribution in [0.4, 0.5) is 11.5 Å². The molecule has 1 aliphatic rings. The van der Waals surface area contributed by atoms with Crippen molar-refractivity contribution in [3.8, 4) is 11.5 Å². The van der Waals surface area contributed by atoms with Crippen molar-refractivity contribution in [1.29, 1.82) is 0 Å². The Kier molecular flexibility index (Phi) is 6.51. The van der Waals surface area contributed by atoms with E-state index in [0.717, 1.165) is 54.1 Å². The molecule has 0 bridgehead atoms. The van der Waals surface area contributed by atoms with Crippen molar-refractivity contribution < 1.29 is 9.47 Å². The van der Waals surface area contributed by atoms with Crippen LogP contribution in [-0.4, -0.2) is 50.7 Å². The topological polar surface area (TPSA) is 77.3 Å². The summed E-state index contributed by atoms with van der Waals surface area (Å²) in [6, 6.07) is 11.5. The van der Waals surface area contributed by atoms with Gasteiger partial charge in [0.2, 0.25) is 0 Å². The van der Waals surface area contributed by atoms with E-state index in [9.17, 15) is 0 Å². The number of aryl methyl sites for hydroxylation is 1. The first-order valence-corrected chi connectivity index (χ1v) is 11.7. The minimum absolute atomic E-state index is 0.180. The minimum atomic E-state index is 0.180. The zero-order valence-corrected chi connectivity index (χ0v) is 20.0. The second-order valence-electron chi connectivity index (χ2n) is 8.51. The summed E-state index contributed by atoms with van der Waals surface area (Å²) in [6.45, 7) is 2.40. The van der Waals surface area contributed by atoms with Crippen molar-refractivity contribution in [1.82, 2.24) is 24.4 Å². The number of halogens is 1. The molecule has 8 nitrogen and oxygen atoms in total. The molecule has 1 N–H and O–H groups in total. The number of likely N-dealkylation sites (tertiary alicyclic amines) is 1. The maximum Gasteiger partial charge on any atom is 0.146 e. The predicted octanol–water partition coefficient (Wildman–Crippen LogP) is 4.81. The van der Waals surface area contributed by atoms with Crippen molar-refractivity contribution >= 4 is 34.0 Å². The van der Waals surface area contributed by atoms with E-state index in [4.69, 9.17) is 21.1 Å². The molecule has 0 saturated carbocycles. The lowest BCUT2D eigenvalue weighted by Gasteiger charge is -2.29. The monoisotopic (exact) mass is 478 g/mol. The van der Waals surface area contributed by atoms with Crippen molar-refractivity contribution in [3.05, 3.63) is 66.0 Å². The van der Waals surface area contributed by atoms with E-state index in [0.29, 0.717) is 23.2 Å². The second kappa shape index (κ2) is 9.87. The zero-order valence-electron chi connectivity index (χ0n) is 19.2. The number of benzene rings is 2. The van der Waals surface area contributed by atoms with Gasteiger partial charge in [0.25, 0.3) is 0 Å². The van der Waals surface area contributed by atoms with E-state index in [1.165, 1.54) is 0 Å². The normalized spacial score (nSPS) is 14.9. The summed E-state index contributed by atoms with van der Waals surface area (Å²) < 4.78 is 14.2. The highest BCUT2D eigenvalue weighted by Crippen LogP contribution is 2.35. The Hall–Kier alpha value is -3.36. The van der Waals surface area contributed by atoms with Crippen LogP contribution < -0.4 is 14.8 Å². The largest absolute Gasteiger partial charge is 0.489 e. The summed E-state index contributed by atoms with van der Waals surface area (Å²) in [5, 5.41) is 4.74. The van der Waals surface area contributed by atoms with E-state index in [1.807, 2.05) is 54.2 Å². The molecule has 2 aromatic carbocycles. The molecule has 4 aromatic rings. The van der Waals surface area contributed by atoms with Gasteiger partial charge in [-0.05, 0) is 50.2 Å². The summed E-state index contributed by atoms with van der Waals surface area (Å²) in [5.74, 6) is 2.87. The molecule has 34 heavy (non-hydrogen) atoms. The van der Waals surface area contributed by atoms with Gasteiger partial charge < -0.3 is 24.3 Å². The van der Waals surface area contributed by atoms with Gasteiger partial charge in [0.1, 0.15) is 42.2 Å². The van der Waals surface area contributed by atoms with Crippen LogP contribution in [0.25, 0.3) is 10.9 Å². The van der Waals surface area contributed by atoms with Crippen molar-refractivity contribution in [2.24, 2.45) is 7.05 Å². The van der Waals surface area contributed by atoms with Gasteiger partial charge in [0, 0.05) is 38.2 Å². The number of nitrogens with one attached hydrogen (secondary N) is 1. The van der Waals surface area contributed by atoms with E-state index >= 15 is 0 Å². The molecule has 2 aromatic heterocycles. The molecule has 0 unspecified atom stereocenters. The average molecular weight is 479 g/mol. The van der Waals surface area contributed by atoms with Crippen molar-refractivity contribution in [2.75, 3.05) is 25.5 Å². The third-order valence-electron chi connectivity index (χ3n) is 6.06. The first-order valence-electron chi connectivity index (χ1n) is 11.3. The van der Waals surface area contributed by atoms with Gasteiger partial charge in [-0.3, -0.25) is 0 Å². The van der Waals surface area contributed by atoms with Gasteiger partial charge >= 0.3 is 0 Å². The van der Waals surface area contributed by atoms with Gasteiger partial charge in [-0.15, -0.1) is 0 Å². The number of aromatic nitrogens is 4. The summed E-state index contributed by atoms with van der Waals surface area (Å²) in [5.41, 5.74) is 1.62. The summed E-state index contributed by atoms with van der Waals surface area (Å²) in [7, 11) is 4.07. The fraction of sp³-hybridized carbons (Fsp3) is 0.320. The van der Waals surface area contributed by atoms with Crippen molar-refractivity contribution in [2.45, 2.75) is 25.6 Å². The Morgan fingerprint density at radius 2 is 1.91 bits per heavy atom. The minimum Gasteiger partial charge on any atom is -0.489 e. The van der Waals surface area contributed by atoms with Crippen LogP contribution in [0.2, 0.25) is 5.02 Å². The second-order valence-corrected chi connectivity index (χ2v) is 8.91. The third-order valence-corrected chi connectivity index (χ3v) is 6.35. The van der Waals surface area contributed by atoms with Gasteiger partial charge in [-0.1, -0.05) is 17.7 Å². The lowest BCUT2D eigenvalue weighted by atomic mass is 10.1. The average Bonchev–Trinajstić information content (AvgIpc) is 3.25. The molecule has 0 aliphatic carbocycles. The highest BCUT2D eigenvalue weighted by atomic mass is 35.5. The Labute approximate surface area is 203 Å². The quantitative estimate of drug-likeness (QED) is 0.408. The van der Waals surface area contributed by atoms with Gasteiger partial charge in [-0.2, -0.15) is 0 Å². The molecular formula is C25H27ClN6O2. The first-order chi connectivity index (χ1) is 16.6. The van der Waals surface area contributed by atoms with E-state index in [-0.39, 0.29) is 6.10 Å². The lowest BCUT2D eigenvalue weighted by molar-refractivity contribution is 0.116. The fourth-order valence-corrected chi connectivity index (χ4v) is 4.30. The summed E-state index contributed by atoms with van der Waals surface area (Å²) in [6.07, 6.45) is 7.35. The van der Waals surface area contributed by atoms with E-state index in [1.54, 1.807) is 12.5 Å². The Morgan fingerprint density at radius 1 is 1.06 bits per heavy atom. The molecule has 5 rings (SSSR count). The molecule has 1 fully saturated rings. The Balaban J connectivity index is 1.36. The molecule has 0 amide bonds. The molecule has 9 heteroatoms. The maximum absolute atomic E-state index is 6.51. The fourth-order valence-electron chi connectivity index (χ4n) is 4.06. The highest BCUT2D eigenvalue weighted by Gasteiger charge is 2.20. The van der Waals surface area contributed by atoms with Gasteiger partial charge in [0.05, 0.1) is 15.9 Å². The van der Waals surface area contributed by atoms with E-state index < -0.39 is 0 Å². The van der Waals surface area contributed by atoms with Crippen LogP contribution in [0.3, 0.4) is 0 Å². The maximum atomic E-state index is 6.51. The molecule has 0 spiro atoms. The smallest absolute Gasteiger partial charge is 0.146 e. The number of ether oxygens (including phenoxy) is 2. The number of piperidine rings is 1. The molecule has 3 heterocycles. The van der Waals surface area contributed by atoms with E-state index in [2.05, 4.69) is 32.2 Å². The van der Waals surface area contributed by atoms with Crippen LogP contribution in [0.15, 0.2) is 55.1 Å². The van der Waals surface area contributed by atoms with Crippen LogP contribution in [0.5, 0.6) is 11.5 Å². The van der Waals surface area contributed by atoms with Gasteiger partial charge in [-0.25, -0.2) is 15.0 Å². The molecule has 1 saturated heterocycles. The Bertz CT molecular complexity index is 1280. The lowest BCUT2D eigenvalue weighted by Crippen LogP contribution is -2.35. The number of rotatable bonds is 7. The van der Waals surface area contributed by atoms with Crippen LogP contribution in [0.1, 0.15) is 18.7 Å². The van der Waals surface area contributed by atoms with Crippen LogP contribution in [0, 0.1) is 0 Å².